The molecule has 0 saturated carbocycles. The Bertz CT molecular complexity index is 348. The lowest BCUT2D eigenvalue weighted by Gasteiger charge is -2.00. The van der Waals surface area contributed by atoms with Gasteiger partial charge < -0.3 is 5.32 Å². The lowest BCUT2D eigenvalue weighted by molar-refractivity contribution is -0.116. The zero-order chi connectivity index (χ0) is 8.72. The Morgan fingerprint density at radius 2 is 2.25 bits per heavy atom. The maximum Gasteiger partial charge on any atom is 0.231 e. The van der Waals surface area contributed by atoms with Gasteiger partial charge in [0.15, 0.2) is 0 Å². The van der Waals surface area contributed by atoms with E-state index in [1.807, 2.05) is 19.1 Å². The molecule has 1 aliphatic heterocycles. The molecular formula is C9H8INO. The van der Waals surface area contributed by atoms with Crippen LogP contribution in [0.4, 0.5) is 5.69 Å². The van der Waals surface area contributed by atoms with Crippen molar-refractivity contribution in [1.82, 2.24) is 0 Å². The molecule has 0 aromatic heterocycles. The normalized spacial score (nSPS) is 20.5. The van der Waals surface area contributed by atoms with Crippen molar-refractivity contribution < 1.29 is 4.79 Å². The van der Waals surface area contributed by atoms with Gasteiger partial charge in [-0.05, 0) is 53.3 Å². The minimum atomic E-state index is 0.00900. The molecule has 1 aliphatic rings. The van der Waals surface area contributed by atoms with Crippen LogP contribution in [0.25, 0.3) is 0 Å². The van der Waals surface area contributed by atoms with E-state index in [1.165, 1.54) is 3.57 Å². The van der Waals surface area contributed by atoms with Gasteiger partial charge in [-0.1, -0.05) is 0 Å². The molecule has 0 aliphatic carbocycles. The molecule has 2 rings (SSSR count). The molecule has 1 atom stereocenters. The molecule has 0 radical (unpaired) electrons. The van der Waals surface area contributed by atoms with Crippen LogP contribution in [-0.2, 0) is 4.79 Å². The number of benzene rings is 1. The minimum absolute atomic E-state index is 0.00900. The second-order valence-corrected chi connectivity index (χ2v) is 4.19. The van der Waals surface area contributed by atoms with Crippen molar-refractivity contribution in [3.63, 3.8) is 0 Å². The number of carbonyl (C=O) groups is 1. The third kappa shape index (κ3) is 1.12. The molecule has 12 heavy (non-hydrogen) atoms. The summed E-state index contributed by atoms with van der Waals surface area (Å²) < 4.78 is 1.18. The maximum atomic E-state index is 11.2. The molecule has 0 unspecified atom stereocenters. The van der Waals surface area contributed by atoms with E-state index in [9.17, 15) is 4.79 Å². The van der Waals surface area contributed by atoms with Crippen molar-refractivity contribution in [3.05, 3.63) is 27.3 Å². The van der Waals surface area contributed by atoms with Gasteiger partial charge in [0.25, 0.3) is 0 Å². The summed E-state index contributed by atoms with van der Waals surface area (Å²) in [5.41, 5.74) is 2.08. The fourth-order valence-corrected chi connectivity index (χ4v) is 1.90. The number of hydrogen-bond acceptors (Lipinski definition) is 1. The Labute approximate surface area is 84.5 Å². The van der Waals surface area contributed by atoms with Crippen molar-refractivity contribution >= 4 is 34.2 Å². The molecule has 1 amide bonds. The van der Waals surface area contributed by atoms with Crippen LogP contribution < -0.4 is 5.32 Å². The first-order valence-electron chi connectivity index (χ1n) is 3.79. The standard InChI is InChI=1S/C9H8INO/c1-5-7-4-6(10)2-3-8(7)11-9(5)12/h2-5H,1H3,(H,11,12)/t5-/m0/s1. The first kappa shape index (κ1) is 8.04. The Morgan fingerprint density at radius 1 is 1.50 bits per heavy atom. The third-order valence-electron chi connectivity index (χ3n) is 2.13. The summed E-state index contributed by atoms with van der Waals surface area (Å²) in [5, 5.41) is 2.83. The van der Waals surface area contributed by atoms with E-state index >= 15 is 0 Å². The summed E-state index contributed by atoms with van der Waals surface area (Å²) >= 11 is 2.25. The molecule has 1 aromatic rings. The van der Waals surface area contributed by atoms with Crippen LogP contribution in [0.1, 0.15) is 18.4 Å². The largest absolute Gasteiger partial charge is 0.325 e. The molecule has 1 heterocycles. The van der Waals surface area contributed by atoms with Gasteiger partial charge in [0, 0.05) is 9.26 Å². The highest BCUT2D eigenvalue weighted by molar-refractivity contribution is 14.1. The monoisotopic (exact) mass is 273 g/mol. The summed E-state index contributed by atoms with van der Waals surface area (Å²) in [6.07, 6.45) is 0. The first-order chi connectivity index (χ1) is 5.68. The summed E-state index contributed by atoms with van der Waals surface area (Å²) in [4.78, 5) is 11.2. The van der Waals surface area contributed by atoms with E-state index in [-0.39, 0.29) is 11.8 Å². The van der Waals surface area contributed by atoms with Crippen LogP contribution in [-0.4, -0.2) is 5.91 Å². The molecule has 3 heteroatoms. The molecular weight excluding hydrogens is 265 g/mol. The van der Waals surface area contributed by atoms with Gasteiger partial charge in [-0.15, -0.1) is 0 Å². The highest BCUT2D eigenvalue weighted by Gasteiger charge is 2.25. The molecule has 0 saturated heterocycles. The van der Waals surface area contributed by atoms with E-state index < -0.39 is 0 Å². The zero-order valence-corrected chi connectivity index (χ0v) is 8.75. The fourth-order valence-electron chi connectivity index (χ4n) is 1.39. The predicted octanol–water partition coefficient (Wildman–Crippen LogP) is 2.35. The average molecular weight is 273 g/mol. The fraction of sp³-hybridized carbons (Fsp3) is 0.222. The number of anilines is 1. The van der Waals surface area contributed by atoms with E-state index in [2.05, 4.69) is 34.0 Å². The van der Waals surface area contributed by atoms with Gasteiger partial charge in [0.2, 0.25) is 5.91 Å². The van der Waals surface area contributed by atoms with Crippen molar-refractivity contribution in [2.75, 3.05) is 5.32 Å². The van der Waals surface area contributed by atoms with Crippen molar-refractivity contribution in [3.8, 4) is 0 Å². The minimum Gasteiger partial charge on any atom is -0.325 e. The second kappa shape index (κ2) is 2.73. The molecule has 0 fully saturated rings. The number of amides is 1. The Morgan fingerprint density at radius 3 is 3.00 bits per heavy atom. The number of carbonyl (C=O) groups excluding carboxylic acids is 1. The number of nitrogens with one attached hydrogen (secondary N) is 1. The summed E-state index contributed by atoms with van der Waals surface area (Å²) in [6, 6.07) is 6.01. The third-order valence-corrected chi connectivity index (χ3v) is 2.80. The van der Waals surface area contributed by atoms with Crippen LogP contribution in [0, 0.1) is 3.57 Å². The van der Waals surface area contributed by atoms with Crippen LogP contribution in [0.15, 0.2) is 18.2 Å². The van der Waals surface area contributed by atoms with E-state index in [0.717, 1.165) is 11.3 Å². The van der Waals surface area contributed by atoms with Crippen LogP contribution in [0.5, 0.6) is 0 Å². The Kier molecular flexibility index (Phi) is 1.83. The van der Waals surface area contributed by atoms with Crippen LogP contribution >= 0.6 is 22.6 Å². The maximum absolute atomic E-state index is 11.2. The Balaban J connectivity index is 2.55. The lowest BCUT2D eigenvalue weighted by Crippen LogP contribution is -2.08. The van der Waals surface area contributed by atoms with Crippen molar-refractivity contribution in [2.24, 2.45) is 0 Å². The predicted molar refractivity (Wildman–Crippen MR) is 56.2 cm³/mol. The number of hydrogen-bond donors (Lipinski definition) is 1. The first-order valence-corrected chi connectivity index (χ1v) is 4.86. The van der Waals surface area contributed by atoms with Crippen LogP contribution in [0.3, 0.4) is 0 Å². The van der Waals surface area contributed by atoms with Crippen LogP contribution in [0.2, 0.25) is 0 Å². The summed E-state index contributed by atoms with van der Waals surface area (Å²) in [5.74, 6) is 0.113. The number of rotatable bonds is 0. The average Bonchev–Trinajstić information content (AvgIpc) is 2.31. The van der Waals surface area contributed by atoms with Gasteiger partial charge in [-0.25, -0.2) is 0 Å². The molecule has 0 bridgehead atoms. The topological polar surface area (TPSA) is 29.1 Å². The van der Waals surface area contributed by atoms with E-state index in [0.29, 0.717) is 0 Å². The zero-order valence-electron chi connectivity index (χ0n) is 6.60. The SMILES string of the molecule is C[C@@H]1C(=O)Nc2ccc(I)cc21. The van der Waals surface area contributed by atoms with Gasteiger partial charge in [0.1, 0.15) is 0 Å². The highest BCUT2D eigenvalue weighted by Crippen LogP contribution is 2.32. The van der Waals surface area contributed by atoms with Gasteiger partial charge in [-0.2, -0.15) is 0 Å². The van der Waals surface area contributed by atoms with E-state index in [4.69, 9.17) is 0 Å². The summed E-state index contributed by atoms with van der Waals surface area (Å²) in [6.45, 7) is 1.93. The molecule has 62 valence electrons. The molecule has 0 spiro atoms. The number of fused-ring (bicyclic) bond motifs is 1. The number of halogens is 1. The quantitative estimate of drug-likeness (QED) is 0.722. The summed E-state index contributed by atoms with van der Waals surface area (Å²) in [7, 11) is 0. The van der Waals surface area contributed by atoms with Crippen molar-refractivity contribution in [1.29, 1.82) is 0 Å². The molecule has 2 nitrogen and oxygen atoms in total. The Hall–Kier alpha value is -0.580. The van der Waals surface area contributed by atoms with Gasteiger partial charge in [-0.3, -0.25) is 4.79 Å². The van der Waals surface area contributed by atoms with Gasteiger partial charge in [0.05, 0.1) is 5.92 Å². The smallest absolute Gasteiger partial charge is 0.231 e. The highest BCUT2D eigenvalue weighted by atomic mass is 127. The lowest BCUT2D eigenvalue weighted by atomic mass is 10.0. The van der Waals surface area contributed by atoms with Crippen molar-refractivity contribution in [2.45, 2.75) is 12.8 Å². The molecule has 1 N–H and O–H groups in total. The second-order valence-electron chi connectivity index (χ2n) is 2.94. The molecule has 1 aromatic carbocycles. The van der Waals surface area contributed by atoms with Gasteiger partial charge >= 0.3 is 0 Å². The van der Waals surface area contributed by atoms with E-state index in [1.54, 1.807) is 0 Å².